The van der Waals surface area contributed by atoms with Crippen LogP contribution in [0.1, 0.15) is 18.1 Å². The molecular weight excluding hydrogens is 333 g/mol. The molecule has 1 fully saturated rings. The van der Waals surface area contributed by atoms with Crippen LogP contribution >= 0.6 is 0 Å². The Kier molecular flexibility index (Phi) is 6.22. The molecule has 2 aromatic carbocycles. The van der Waals surface area contributed by atoms with E-state index in [4.69, 9.17) is 13.7 Å². The normalized spacial score (nSPS) is 15.4. The Bertz CT molecular complexity index is 825. The summed E-state index contributed by atoms with van der Waals surface area (Å²) < 4.78 is 18.6. The fraction of sp³-hybridized carbons (Fsp3) is 0.143. The van der Waals surface area contributed by atoms with Gasteiger partial charge in [0.05, 0.1) is 0 Å². The van der Waals surface area contributed by atoms with Crippen LogP contribution in [0.4, 0.5) is 0 Å². The van der Waals surface area contributed by atoms with E-state index in [-0.39, 0.29) is 0 Å². The molecule has 0 aliphatic carbocycles. The van der Waals surface area contributed by atoms with E-state index in [9.17, 15) is 0 Å². The molecule has 3 rings (SSSR count). The third kappa shape index (κ3) is 4.19. The second-order valence-corrected chi connectivity index (χ2v) is 6.66. The quantitative estimate of drug-likeness (QED) is 0.609. The summed E-state index contributed by atoms with van der Waals surface area (Å²) in [4.78, 5) is 0. The molecule has 0 aromatic heterocycles. The molecule has 0 atom stereocenters. The molecule has 3 nitrogen and oxygen atoms in total. The van der Waals surface area contributed by atoms with Crippen LogP contribution in [-0.2, 0) is 13.7 Å². The molecule has 0 N–H and O–H groups in total. The zero-order valence-corrected chi connectivity index (χ0v) is 16.1. The highest BCUT2D eigenvalue weighted by Crippen LogP contribution is 2.20. The lowest BCUT2D eigenvalue weighted by molar-refractivity contribution is 0.305. The first-order valence-corrected chi connectivity index (χ1v) is 9.08. The van der Waals surface area contributed by atoms with E-state index in [1.54, 1.807) is 12.2 Å². The van der Waals surface area contributed by atoms with Crippen molar-refractivity contribution in [3.8, 4) is 0 Å². The summed E-state index contributed by atoms with van der Waals surface area (Å²) in [6, 6.07) is 16.1. The van der Waals surface area contributed by atoms with Gasteiger partial charge in [0.1, 0.15) is 0 Å². The van der Waals surface area contributed by atoms with Crippen molar-refractivity contribution in [1.29, 1.82) is 0 Å². The zero-order valence-electron chi connectivity index (χ0n) is 16.1. The second-order valence-electron chi connectivity index (χ2n) is 6.66. The molecule has 6 heteroatoms. The van der Waals surface area contributed by atoms with Crippen molar-refractivity contribution < 1.29 is 13.7 Å². The Morgan fingerprint density at radius 3 is 1.67 bits per heavy atom. The zero-order chi connectivity index (χ0) is 19.4. The minimum atomic E-state index is -0.594. The first kappa shape index (κ1) is 19.5. The van der Waals surface area contributed by atoms with Crippen molar-refractivity contribution in [2.45, 2.75) is 20.8 Å². The highest BCUT2D eigenvalue weighted by molar-refractivity contribution is 6.86. The molecule has 1 saturated heterocycles. The molecule has 0 radical (unpaired) electrons. The molecule has 0 spiro atoms. The Balaban J connectivity index is 2.03. The Labute approximate surface area is 163 Å². The molecular formula is C21H23B3O3. The van der Waals surface area contributed by atoms with Crippen LogP contribution in [0, 0.1) is 13.8 Å². The van der Waals surface area contributed by atoms with E-state index >= 15 is 0 Å². The smallest absolute Gasteiger partial charge is 0.445 e. The standard InChI is InChI=1S/C21H23B3O3/c1-6-16(3)19(7-2)22-25-23(20-14-10-8-12-17(20)4)27-24(26-22)21-15-11-9-13-18(21)5/h6-15H,1-2H2,3-5H3/b19-16+. The lowest BCUT2D eigenvalue weighted by Crippen LogP contribution is -2.59. The van der Waals surface area contributed by atoms with E-state index in [1.165, 1.54) is 0 Å². The maximum atomic E-state index is 6.23. The third-order valence-corrected chi connectivity index (χ3v) is 4.86. The van der Waals surface area contributed by atoms with Crippen LogP contribution in [0.3, 0.4) is 0 Å². The van der Waals surface area contributed by atoms with Gasteiger partial charge in [0.25, 0.3) is 0 Å². The van der Waals surface area contributed by atoms with Crippen molar-refractivity contribution in [3.05, 3.63) is 96.0 Å². The summed E-state index contributed by atoms with van der Waals surface area (Å²) in [7, 11) is -1.67. The topological polar surface area (TPSA) is 27.7 Å². The van der Waals surface area contributed by atoms with Crippen molar-refractivity contribution in [3.63, 3.8) is 0 Å². The van der Waals surface area contributed by atoms with Crippen molar-refractivity contribution in [2.24, 2.45) is 0 Å². The number of benzene rings is 2. The van der Waals surface area contributed by atoms with Gasteiger partial charge in [0, 0.05) is 0 Å². The molecule has 0 amide bonds. The van der Waals surface area contributed by atoms with Gasteiger partial charge < -0.3 is 13.7 Å². The largest absolute Gasteiger partial charge is 0.467 e. The predicted molar refractivity (Wildman–Crippen MR) is 115 cm³/mol. The van der Waals surface area contributed by atoms with Gasteiger partial charge in [-0.05, 0) is 37.2 Å². The minimum Gasteiger partial charge on any atom is -0.445 e. The van der Waals surface area contributed by atoms with Crippen molar-refractivity contribution in [2.75, 3.05) is 0 Å². The van der Waals surface area contributed by atoms with E-state index in [2.05, 4.69) is 39.1 Å². The van der Waals surface area contributed by atoms with Crippen LogP contribution in [-0.4, -0.2) is 21.4 Å². The summed E-state index contributed by atoms with van der Waals surface area (Å²) in [6.45, 7) is 13.9. The first-order chi connectivity index (χ1) is 13.0. The van der Waals surface area contributed by atoms with Gasteiger partial charge in [-0.15, -0.1) is 0 Å². The summed E-state index contributed by atoms with van der Waals surface area (Å²) >= 11 is 0. The van der Waals surface area contributed by atoms with Crippen LogP contribution in [0.2, 0.25) is 0 Å². The summed E-state index contributed by atoms with van der Waals surface area (Å²) in [6.07, 6.45) is 3.54. The summed E-state index contributed by atoms with van der Waals surface area (Å²) in [5.74, 6) is 0. The fourth-order valence-corrected chi connectivity index (χ4v) is 3.14. The predicted octanol–water partition coefficient (Wildman–Crippen LogP) is 3.17. The third-order valence-electron chi connectivity index (χ3n) is 4.86. The second kappa shape index (κ2) is 8.62. The van der Waals surface area contributed by atoms with Crippen LogP contribution < -0.4 is 10.9 Å². The highest BCUT2D eigenvalue weighted by atomic mass is 16.7. The number of rotatable bonds is 5. The maximum Gasteiger partial charge on any atom is 0.467 e. The van der Waals surface area contributed by atoms with Crippen LogP contribution in [0.5, 0.6) is 0 Å². The van der Waals surface area contributed by atoms with Crippen LogP contribution in [0.25, 0.3) is 0 Å². The van der Waals surface area contributed by atoms with Gasteiger partial charge in [0.2, 0.25) is 0 Å². The Morgan fingerprint density at radius 2 is 1.26 bits per heavy atom. The Hall–Kier alpha value is -2.27. The van der Waals surface area contributed by atoms with Gasteiger partial charge >= 0.3 is 21.4 Å². The highest BCUT2D eigenvalue weighted by Gasteiger charge is 2.44. The Morgan fingerprint density at radius 1 is 0.778 bits per heavy atom. The molecule has 0 unspecified atom stereocenters. The van der Waals surface area contributed by atoms with E-state index in [0.717, 1.165) is 33.1 Å². The molecule has 0 bridgehead atoms. The number of hydrogen-bond acceptors (Lipinski definition) is 3. The average molecular weight is 356 g/mol. The van der Waals surface area contributed by atoms with Crippen LogP contribution in [0.15, 0.2) is 84.9 Å². The van der Waals surface area contributed by atoms with E-state index in [1.807, 2.05) is 43.3 Å². The summed E-state index contributed by atoms with van der Waals surface area (Å²) in [5.41, 5.74) is 6.01. The lowest BCUT2D eigenvalue weighted by atomic mass is 9.59. The lowest BCUT2D eigenvalue weighted by Gasteiger charge is -2.33. The molecule has 0 saturated carbocycles. The minimum absolute atomic E-state index is 0.540. The number of allylic oxidation sites excluding steroid dienone is 4. The monoisotopic (exact) mass is 356 g/mol. The number of aryl methyl sites for hydroxylation is 2. The van der Waals surface area contributed by atoms with Gasteiger partial charge in [-0.2, -0.15) is 0 Å². The van der Waals surface area contributed by atoms with Gasteiger partial charge in [0.15, 0.2) is 0 Å². The van der Waals surface area contributed by atoms with Gasteiger partial charge in [-0.3, -0.25) is 0 Å². The molecule has 1 aliphatic rings. The maximum absolute atomic E-state index is 6.23. The summed E-state index contributed by atoms with van der Waals surface area (Å²) in [5, 5.41) is 0. The SMILES string of the molecule is C=C/C(C)=C(\C=C)B1OB(c2ccccc2C)OB(c2ccccc2C)O1. The van der Waals surface area contributed by atoms with E-state index < -0.39 is 21.4 Å². The molecule has 1 heterocycles. The fourth-order valence-electron chi connectivity index (χ4n) is 3.14. The van der Waals surface area contributed by atoms with Gasteiger partial charge in [-0.1, -0.05) is 90.5 Å². The first-order valence-electron chi connectivity index (χ1n) is 9.08. The van der Waals surface area contributed by atoms with Gasteiger partial charge in [-0.25, -0.2) is 0 Å². The molecule has 27 heavy (non-hydrogen) atoms. The molecule has 2 aromatic rings. The number of hydrogen-bond donors (Lipinski definition) is 0. The van der Waals surface area contributed by atoms with Crippen molar-refractivity contribution in [1.82, 2.24) is 0 Å². The average Bonchev–Trinajstić information content (AvgIpc) is 2.69. The molecule has 1 aliphatic heterocycles. The van der Waals surface area contributed by atoms with Crippen molar-refractivity contribution >= 4 is 32.3 Å². The molecule has 134 valence electrons. The van der Waals surface area contributed by atoms with E-state index in [0.29, 0.717) is 0 Å².